The molecule has 0 amide bonds. The molecule has 0 saturated carbocycles. The highest BCUT2D eigenvalue weighted by atomic mass is 16.6. The minimum atomic E-state index is -0.824. The van der Waals surface area contributed by atoms with Crippen molar-refractivity contribution >= 4 is 17.9 Å². The van der Waals surface area contributed by atoms with Gasteiger partial charge in [0.25, 0.3) is 0 Å². The van der Waals surface area contributed by atoms with E-state index >= 15 is 0 Å². The Labute approximate surface area is 486 Å². The van der Waals surface area contributed by atoms with Gasteiger partial charge < -0.3 is 14.2 Å². The summed E-state index contributed by atoms with van der Waals surface area (Å²) >= 11 is 0. The highest BCUT2D eigenvalue weighted by Gasteiger charge is 2.19. The molecule has 1 atom stereocenters. The predicted octanol–water partition coefficient (Wildman–Crippen LogP) is 22.1. The Balaban J connectivity index is 4.39. The van der Waals surface area contributed by atoms with Crippen molar-refractivity contribution in [1.29, 1.82) is 0 Å². The van der Waals surface area contributed by atoms with Crippen LogP contribution in [0.5, 0.6) is 0 Å². The van der Waals surface area contributed by atoms with E-state index in [9.17, 15) is 14.4 Å². The summed E-state index contributed by atoms with van der Waals surface area (Å²) < 4.78 is 16.8. The summed E-state index contributed by atoms with van der Waals surface area (Å²) in [4.78, 5) is 38.3. The molecular formula is C73H116O6. The first kappa shape index (κ1) is 74.0. The van der Waals surface area contributed by atoms with Crippen molar-refractivity contribution in [3.63, 3.8) is 0 Å². The van der Waals surface area contributed by atoms with Gasteiger partial charge in [-0.25, -0.2) is 0 Å². The van der Waals surface area contributed by atoms with Crippen LogP contribution >= 0.6 is 0 Å². The average molecular weight is 1090 g/mol. The van der Waals surface area contributed by atoms with Crippen LogP contribution in [-0.2, 0) is 28.6 Å². The van der Waals surface area contributed by atoms with Crippen LogP contribution in [-0.4, -0.2) is 37.2 Å². The fourth-order valence-corrected chi connectivity index (χ4v) is 8.29. The highest BCUT2D eigenvalue weighted by molar-refractivity contribution is 5.71. The molecule has 0 aromatic heterocycles. The Hall–Kier alpha value is -4.97. The summed E-state index contributed by atoms with van der Waals surface area (Å²) in [6.45, 7) is 6.30. The summed E-state index contributed by atoms with van der Waals surface area (Å²) in [5.41, 5.74) is 0. The maximum atomic E-state index is 12.9. The number of hydrogen-bond donors (Lipinski definition) is 0. The molecule has 0 N–H and O–H groups in total. The Kier molecular flexibility index (Phi) is 61.4. The molecule has 0 fully saturated rings. The second-order valence-electron chi connectivity index (χ2n) is 20.5. The van der Waals surface area contributed by atoms with Crippen LogP contribution in [0.1, 0.15) is 265 Å². The Morgan fingerprint density at radius 2 is 0.519 bits per heavy atom. The number of carbonyl (C=O) groups is 3. The van der Waals surface area contributed by atoms with Crippen LogP contribution in [0, 0.1) is 0 Å². The zero-order valence-corrected chi connectivity index (χ0v) is 50.8. The number of rotatable bonds is 56. The van der Waals surface area contributed by atoms with Gasteiger partial charge in [0.05, 0.1) is 0 Å². The van der Waals surface area contributed by atoms with Gasteiger partial charge in [-0.05, 0) is 135 Å². The molecule has 0 aromatic rings. The summed E-state index contributed by atoms with van der Waals surface area (Å²) in [5.74, 6) is -1.02. The predicted molar refractivity (Wildman–Crippen MR) is 343 cm³/mol. The molecule has 0 aromatic carbocycles. The first-order valence-electron chi connectivity index (χ1n) is 32.0. The van der Waals surface area contributed by atoms with Gasteiger partial charge in [0.15, 0.2) is 6.10 Å². The molecule has 1 unspecified atom stereocenters. The molecule has 0 rings (SSSR count). The van der Waals surface area contributed by atoms with E-state index in [1.165, 1.54) is 83.5 Å². The third kappa shape index (κ3) is 63.7. The van der Waals surface area contributed by atoms with Crippen LogP contribution in [0.3, 0.4) is 0 Å². The lowest BCUT2D eigenvalue weighted by Gasteiger charge is -2.18. The largest absolute Gasteiger partial charge is 0.462 e. The molecule has 6 nitrogen and oxygen atoms in total. The summed E-state index contributed by atoms with van der Waals surface area (Å²) in [6, 6.07) is 0. The molecule has 6 heteroatoms. The van der Waals surface area contributed by atoms with E-state index < -0.39 is 6.10 Å². The van der Waals surface area contributed by atoms with Gasteiger partial charge in [-0.3, -0.25) is 14.4 Å². The van der Waals surface area contributed by atoms with Crippen molar-refractivity contribution in [2.24, 2.45) is 0 Å². The number of carbonyl (C=O) groups excluding carboxylic acids is 3. The molecule has 0 bridgehead atoms. The van der Waals surface area contributed by atoms with Gasteiger partial charge in [0.2, 0.25) is 0 Å². The number of allylic oxidation sites excluding steroid dienone is 26. The number of hydrogen-bond acceptors (Lipinski definition) is 6. The SMILES string of the molecule is CC/C=C\C/C=C\C/C=C\C/C=C\C/C=C\C/C=C\CCCCCCCCCCCCC(=O)OCC(COC(=O)CC/C=C\C/C=C\C/C=C\C/C=C\CC)OC(=O)CCCCCCCC/C=C\C/C=C\C/C=C\CCCCC. The van der Waals surface area contributed by atoms with Crippen LogP contribution in [0.2, 0.25) is 0 Å². The quantitative estimate of drug-likeness (QED) is 0.0261. The second kappa shape index (κ2) is 65.5. The topological polar surface area (TPSA) is 78.9 Å². The average Bonchev–Trinajstić information content (AvgIpc) is 3.45. The summed E-state index contributed by atoms with van der Waals surface area (Å²) in [7, 11) is 0. The Morgan fingerprint density at radius 1 is 0.266 bits per heavy atom. The van der Waals surface area contributed by atoms with Crippen molar-refractivity contribution in [2.75, 3.05) is 13.2 Å². The molecule has 0 aliphatic carbocycles. The molecule has 79 heavy (non-hydrogen) atoms. The van der Waals surface area contributed by atoms with E-state index in [-0.39, 0.29) is 37.5 Å². The van der Waals surface area contributed by atoms with Crippen LogP contribution in [0.4, 0.5) is 0 Å². The van der Waals surface area contributed by atoms with Crippen LogP contribution < -0.4 is 0 Å². The maximum Gasteiger partial charge on any atom is 0.306 e. The zero-order valence-electron chi connectivity index (χ0n) is 50.8. The van der Waals surface area contributed by atoms with E-state index in [0.717, 1.165) is 135 Å². The minimum absolute atomic E-state index is 0.114. The lowest BCUT2D eigenvalue weighted by atomic mass is 10.1. The van der Waals surface area contributed by atoms with Gasteiger partial charge in [-0.1, -0.05) is 269 Å². The summed E-state index contributed by atoms with van der Waals surface area (Å²) in [6.07, 6.45) is 95.5. The third-order valence-electron chi connectivity index (χ3n) is 13.0. The van der Waals surface area contributed by atoms with Crippen molar-refractivity contribution in [3.05, 3.63) is 158 Å². The van der Waals surface area contributed by atoms with Crippen molar-refractivity contribution < 1.29 is 28.6 Å². The molecular weight excluding hydrogens is 973 g/mol. The standard InChI is InChI=1S/C73H116O6/c1-4-7-10-13-16-19-22-25-27-29-31-32-33-34-35-36-37-38-39-40-42-43-45-48-51-54-57-60-63-66-72(75)78-69-70(68-77-71(74)65-62-59-56-53-50-47-24-21-18-15-12-9-6-3)79-73(76)67-64-61-58-55-52-49-46-44-41-30-28-26-23-20-17-14-11-8-5-2/h7,9-10,12,16-21,25-28,31-32,34-35,37-38,41,44,47,50,56,59,70H,4-6,8,11,13-15,22-24,29-30,33,36,39-40,42-43,45-46,48-49,51-55,57-58,60-69H2,1-3H3/b10-7-,12-9-,19-16-,20-17-,21-18-,27-25-,28-26-,32-31-,35-34-,38-37-,44-41-,50-47-,59-56-. The minimum Gasteiger partial charge on any atom is -0.462 e. The monoisotopic (exact) mass is 1090 g/mol. The number of unbranched alkanes of at least 4 members (excludes halogenated alkanes) is 19. The molecule has 0 radical (unpaired) electrons. The normalized spacial score (nSPS) is 13.2. The van der Waals surface area contributed by atoms with E-state index in [1.807, 2.05) is 12.2 Å². The zero-order chi connectivity index (χ0) is 57.1. The highest BCUT2D eigenvalue weighted by Crippen LogP contribution is 2.15. The third-order valence-corrected chi connectivity index (χ3v) is 13.0. The Morgan fingerprint density at radius 3 is 0.848 bits per heavy atom. The van der Waals surface area contributed by atoms with Crippen LogP contribution in [0.15, 0.2) is 158 Å². The molecule has 444 valence electrons. The van der Waals surface area contributed by atoms with Gasteiger partial charge in [-0.15, -0.1) is 0 Å². The molecule has 0 spiro atoms. The molecule has 0 saturated heterocycles. The van der Waals surface area contributed by atoms with Crippen molar-refractivity contribution in [3.8, 4) is 0 Å². The lowest BCUT2D eigenvalue weighted by molar-refractivity contribution is -0.166. The van der Waals surface area contributed by atoms with Gasteiger partial charge >= 0.3 is 17.9 Å². The summed E-state index contributed by atoms with van der Waals surface area (Å²) in [5, 5.41) is 0. The van der Waals surface area contributed by atoms with Crippen molar-refractivity contribution in [2.45, 2.75) is 271 Å². The second-order valence-corrected chi connectivity index (χ2v) is 20.5. The van der Waals surface area contributed by atoms with E-state index in [2.05, 4.69) is 167 Å². The van der Waals surface area contributed by atoms with E-state index in [1.54, 1.807) is 0 Å². The van der Waals surface area contributed by atoms with Gasteiger partial charge in [0, 0.05) is 19.3 Å². The number of ether oxygens (including phenoxy) is 3. The fourth-order valence-electron chi connectivity index (χ4n) is 8.29. The van der Waals surface area contributed by atoms with Gasteiger partial charge in [0.1, 0.15) is 13.2 Å². The fraction of sp³-hybridized carbons (Fsp3) is 0.603. The lowest BCUT2D eigenvalue weighted by Crippen LogP contribution is -2.30. The molecule has 0 aliphatic heterocycles. The van der Waals surface area contributed by atoms with Crippen LogP contribution in [0.25, 0.3) is 0 Å². The van der Waals surface area contributed by atoms with E-state index in [4.69, 9.17) is 14.2 Å². The molecule has 0 heterocycles. The number of esters is 3. The maximum absolute atomic E-state index is 12.9. The van der Waals surface area contributed by atoms with Gasteiger partial charge in [-0.2, -0.15) is 0 Å². The van der Waals surface area contributed by atoms with E-state index in [0.29, 0.717) is 19.3 Å². The first-order valence-corrected chi connectivity index (χ1v) is 32.0. The smallest absolute Gasteiger partial charge is 0.306 e. The Bertz CT molecular complexity index is 1780. The first-order chi connectivity index (χ1) is 39.0. The molecule has 0 aliphatic rings. The van der Waals surface area contributed by atoms with Crippen molar-refractivity contribution in [1.82, 2.24) is 0 Å².